The first kappa shape index (κ1) is 14.3. The van der Waals surface area contributed by atoms with Crippen LogP contribution in [0.25, 0.3) is 0 Å². The van der Waals surface area contributed by atoms with Gasteiger partial charge in [0.15, 0.2) is 0 Å². The fraction of sp³-hybridized carbons (Fsp3) is 0.154. The van der Waals surface area contributed by atoms with Crippen LogP contribution >= 0.6 is 0 Å². The van der Waals surface area contributed by atoms with Gasteiger partial charge in [-0.2, -0.15) is 0 Å². The number of nitrogens with two attached hydrogens (primary N) is 1. The quantitative estimate of drug-likeness (QED) is 0.850. The molecule has 0 spiro atoms. The van der Waals surface area contributed by atoms with Crippen molar-refractivity contribution in [2.24, 2.45) is 0 Å². The van der Waals surface area contributed by atoms with E-state index in [-0.39, 0.29) is 10.7 Å². The van der Waals surface area contributed by atoms with Crippen LogP contribution in [0.15, 0.2) is 35.4 Å². The molecular formula is C13H14FN3O2S. The van der Waals surface area contributed by atoms with Crippen molar-refractivity contribution in [1.82, 2.24) is 4.98 Å². The van der Waals surface area contributed by atoms with Crippen LogP contribution in [-0.2, 0) is 10.0 Å². The van der Waals surface area contributed by atoms with Gasteiger partial charge in [0, 0.05) is 5.69 Å². The zero-order chi connectivity index (χ0) is 14.9. The van der Waals surface area contributed by atoms with Gasteiger partial charge in [0.1, 0.15) is 11.6 Å². The van der Waals surface area contributed by atoms with E-state index in [0.717, 1.165) is 17.8 Å². The summed E-state index contributed by atoms with van der Waals surface area (Å²) in [7, 11) is -3.82. The minimum atomic E-state index is -3.82. The number of aromatic nitrogens is 1. The molecule has 0 aliphatic heterocycles. The van der Waals surface area contributed by atoms with Gasteiger partial charge in [-0.25, -0.2) is 17.8 Å². The summed E-state index contributed by atoms with van der Waals surface area (Å²) in [5.41, 5.74) is 7.42. The molecule has 0 saturated carbocycles. The van der Waals surface area contributed by atoms with Gasteiger partial charge in [-0.15, -0.1) is 0 Å². The lowest BCUT2D eigenvalue weighted by molar-refractivity contribution is 0.599. The number of nitrogens with one attached hydrogen (secondary N) is 1. The Kier molecular flexibility index (Phi) is 3.63. The molecule has 3 N–H and O–H groups in total. The van der Waals surface area contributed by atoms with Gasteiger partial charge in [0.2, 0.25) is 0 Å². The molecule has 0 aliphatic carbocycles. The Labute approximate surface area is 116 Å². The van der Waals surface area contributed by atoms with Gasteiger partial charge < -0.3 is 5.73 Å². The Morgan fingerprint density at radius 2 is 1.95 bits per heavy atom. The number of anilines is 2. The number of nitrogens with zero attached hydrogens (tertiary/aromatic N) is 1. The van der Waals surface area contributed by atoms with Crippen LogP contribution in [-0.4, -0.2) is 13.4 Å². The summed E-state index contributed by atoms with van der Waals surface area (Å²) < 4.78 is 39.7. The second-order valence-corrected chi connectivity index (χ2v) is 6.08. The molecule has 5 nitrogen and oxygen atoms in total. The van der Waals surface area contributed by atoms with Crippen molar-refractivity contribution in [3.8, 4) is 0 Å². The Hall–Kier alpha value is -2.15. The third-order valence-electron chi connectivity index (χ3n) is 2.90. The van der Waals surface area contributed by atoms with E-state index in [1.54, 1.807) is 19.9 Å². The number of hydrogen-bond donors (Lipinski definition) is 2. The highest BCUT2D eigenvalue weighted by atomic mass is 32.2. The molecule has 1 aromatic carbocycles. The first-order valence-electron chi connectivity index (χ1n) is 5.81. The van der Waals surface area contributed by atoms with Gasteiger partial charge >= 0.3 is 0 Å². The second kappa shape index (κ2) is 5.09. The van der Waals surface area contributed by atoms with Crippen LogP contribution in [0.1, 0.15) is 11.1 Å². The van der Waals surface area contributed by atoms with E-state index in [9.17, 15) is 12.8 Å². The van der Waals surface area contributed by atoms with Crippen molar-refractivity contribution in [3.63, 3.8) is 0 Å². The predicted octanol–water partition coefficient (Wildman–Crippen LogP) is 2.22. The molecule has 0 saturated heterocycles. The molecule has 2 rings (SSSR count). The number of halogens is 1. The maximum absolute atomic E-state index is 12.8. The normalized spacial score (nSPS) is 11.3. The summed E-state index contributed by atoms with van der Waals surface area (Å²) >= 11 is 0. The van der Waals surface area contributed by atoms with Crippen LogP contribution < -0.4 is 10.5 Å². The van der Waals surface area contributed by atoms with Gasteiger partial charge in [0.25, 0.3) is 10.0 Å². The Bertz CT molecular complexity index is 743. The SMILES string of the molecule is Cc1cc(N)cc(S(=O)(=O)Nc2ccc(F)cn2)c1C. The van der Waals surface area contributed by atoms with E-state index < -0.39 is 15.8 Å². The predicted molar refractivity (Wildman–Crippen MR) is 75.3 cm³/mol. The molecule has 1 heterocycles. The molecule has 7 heteroatoms. The Morgan fingerprint density at radius 3 is 2.55 bits per heavy atom. The van der Waals surface area contributed by atoms with Gasteiger partial charge in [-0.05, 0) is 49.2 Å². The minimum Gasteiger partial charge on any atom is -0.399 e. The number of pyridine rings is 1. The van der Waals surface area contributed by atoms with E-state index in [2.05, 4.69) is 9.71 Å². The lowest BCUT2D eigenvalue weighted by Gasteiger charge is -2.12. The van der Waals surface area contributed by atoms with Crippen molar-refractivity contribution in [2.45, 2.75) is 18.7 Å². The third-order valence-corrected chi connectivity index (χ3v) is 4.38. The molecule has 0 atom stereocenters. The zero-order valence-corrected chi connectivity index (χ0v) is 11.8. The molecule has 20 heavy (non-hydrogen) atoms. The summed E-state index contributed by atoms with van der Waals surface area (Å²) in [6.45, 7) is 3.47. The number of nitrogen functional groups attached to an aromatic ring is 1. The zero-order valence-electron chi connectivity index (χ0n) is 11.0. The summed E-state index contributed by atoms with van der Waals surface area (Å²) in [5, 5.41) is 0. The van der Waals surface area contributed by atoms with Gasteiger partial charge in [0.05, 0.1) is 11.1 Å². The maximum Gasteiger partial charge on any atom is 0.263 e. The number of hydrogen-bond acceptors (Lipinski definition) is 4. The van der Waals surface area contributed by atoms with E-state index in [1.807, 2.05) is 0 Å². The molecule has 0 bridgehead atoms. The highest BCUT2D eigenvalue weighted by molar-refractivity contribution is 7.92. The van der Waals surface area contributed by atoms with E-state index in [1.165, 1.54) is 12.1 Å². The smallest absolute Gasteiger partial charge is 0.263 e. The van der Waals surface area contributed by atoms with Crippen LogP contribution in [0.4, 0.5) is 15.9 Å². The highest BCUT2D eigenvalue weighted by Gasteiger charge is 2.19. The lowest BCUT2D eigenvalue weighted by atomic mass is 10.1. The molecule has 0 unspecified atom stereocenters. The van der Waals surface area contributed by atoms with Crippen molar-refractivity contribution in [1.29, 1.82) is 0 Å². The van der Waals surface area contributed by atoms with Crippen molar-refractivity contribution in [3.05, 3.63) is 47.4 Å². The van der Waals surface area contributed by atoms with Crippen molar-refractivity contribution >= 4 is 21.5 Å². The fourth-order valence-corrected chi connectivity index (χ4v) is 3.12. The van der Waals surface area contributed by atoms with Gasteiger partial charge in [-0.3, -0.25) is 4.72 Å². The lowest BCUT2D eigenvalue weighted by Crippen LogP contribution is -2.16. The molecule has 0 aliphatic rings. The number of rotatable bonds is 3. The Morgan fingerprint density at radius 1 is 1.25 bits per heavy atom. The van der Waals surface area contributed by atoms with Crippen LogP contribution in [0.3, 0.4) is 0 Å². The molecule has 1 aromatic heterocycles. The monoisotopic (exact) mass is 295 g/mol. The second-order valence-electron chi connectivity index (χ2n) is 4.43. The average Bonchev–Trinajstić information content (AvgIpc) is 2.36. The largest absolute Gasteiger partial charge is 0.399 e. The van der Waals surface area contributed by atoms with Crippen LogP contribution in [0.5, 0.6) is 0 Å². The topological polar surface area (TPSA) is 85.1 Å². The van der Waals surface area contributed by atoms with E-state index in [0.29, 0.717) is 11.3 Å². The molecule has 106 valence electrons. The number of aryl methyl sites for hydroxylation is 1. The van der Waals surface area contributed by atoms with Crippen LogP contribution in [0.2, 0.25) is 0 Å². The van der Waals surface area contributed by atoms with E-state index >= 15 is 0 Å². The molecule has 0 fully saturated rings. The minimum absolute atomic E-state index is 0.0471. The standard InChI is InChI=1S/C13H14FN3O2S/c1-8-5-11(15)6-12(9(8)2)20(18,19)17-13-4-3-10(14)7-16-13/h3-7H,15H2,1-2H3,(H,16,17). The highest BCUT2D eigenvalue weighted by Crippen LogP contribution is 2.24. The summed E-state index contributed by atoms with van der Waals surface area (Å²) in [4.78, 5) is 3.75. The summed E-state index contributed by atoms with van der Waals surface area (Å²) in [6.07, 6.45) is 0.940. The Balaban J connectivity index is 2.43. The molecule has 2 aromatic rings. The number of sulfonamides is 1. The van der Waals surface area contributed by atoms with Crippen LogP contribution in [0, 0.1) is 19.7 Å². The van der Waals surface area contributed by atoms with Gasteiger partial charge in [-0.1, -0.05) is 0 Å². The number of benzene rings is 1. The van der Waals surface area contributed by atoms with Crippen molar-refractivity contribution < 1.29 is 12.8 Å². The summed E-state index contributed by atoms with van der Waals surface area (Å²) in [5.74, 6) is -0.491. The molecule has 0 radical (unpaired) electrons. The first-order valence-corrected chi connectivity index (χ1v) is 7.29. The van der Waals surface area contributed by atoms with E-state index in [4.69, 9.17) is 5.73 Å². The summed E-state index contributed by atoms with van der Waals surface area (Å²) in [6, 6.07) is 5.46. The fourth-order valence-electron chi connectivity index (χ4n) is 1.76. The molecular weight excluding hydrogens is 281 g/mol. The van der Waals surface area contributed by atoms with Crippen molar-refractivity contribution in [2.75, 3.05) is 10.5 Å². The maximum atomic E-state index is 12.8. The third kappa shape index (κ3) is 2.88. The average molecular weight is 295 g/mol. The first-order chi connectivity index (χ1) is 9.29. The molecule has 0 amide bonds.